The van der Waals surface area contributed by atoms with Gasteiger partial charge in [0.25, 0.3) is 0 Å². The lowest BCUT2D eigenvalue weighted by molar-refractivity contribution is 0.0948. The van der Waals surface area contributed by atoms with Crippen molar-refractivity contribution in [2.45, 2.75) is 38.9 Å². The molecular formula is C15H23O4PS. The van der Waals surface area contributed by atoms with Crippen LogP contribution >= 0.6 is 18.2 Å². The molecule has 1 aromatic carbocycles. The van der Waals surface area contributed by atoms with Gasteiger partial charge in [0.1, 0.15) is 0 Å². The molecule has 0 aromatic heterocycles. The summed E-state index contributed by atoms with van der Waals surface area (Å²) < 4.78 is 22.4. The molecule has 0 N–H and O–H groups in total. The molecule has 0 heterocycles. The molecule has 0 aliphatic rings. The third kappa shape index (κ3) is 4.96. The van der Waals surface area contributed by atoms with Crippen molar-refractivity contribution in [1.82, 2.24) is 0 Å². The normalized spacial score (nSPS) is 14.7. The van der Waals surface area contributed by atoms with Gasteiger partial charge in [-0.3, -0.25) is 4.79 Å². The quantitative estimate of drug-likeness (QED) is 0.473. The number of rotatable bonds is 9. The maximum Gasteiger partial charge on any atom is 0.390 e. The molecule has 0 fully saturated rings. The number of hydrogen-bond acceptors (Lipinski definition) is 5. The van der Waals surface area contributed by atoms with Gasteiger partial charge in [-0.05, 0) is 38.6 Å². The monoisotopic (exact) mass is 330 g/mol. The Kier molecular flexibility index (Phi) is 7.14. The van der Waals surface area contributed by atoms with Gasteiger partial charge in [-0.15, -0.1) is 0 Å². The van der Waals surface area contributed by atoms with Crippen molar-refractivity contribution in [3.05, 3.63) is 35.9 Å². The van der Waals surface area contributed by atoms with E-state index in [1.807, 2.05) is 25.1 Å². The second kappa shape index (κ2) is 8.14. The molecule has 1 rings (SSSR count). The molecule has 21 heavy (non-hydrogen) atoms. The maximum atomic E-state index is 12.7. The molecule has 0 saturated carbocycles. The first-order chi connectivity index (χ1) is 9.90. The Hall–Kier alpha value is -0.610. The second-order valence-corrected chi connectivity index (χ2v) is 9.04. The highest BCUT2D eigenvalue weighted by Crippen LogP contribution is 2.66. The van der Waals surface area contributed by atoms with Crippen LogP contribution in [-0.4, -0.2) is 23.7 Å². The molecule has 0 aliphatic carbocycles. The fourth-order valence-electron chi connectivity index (χ4n) is 1.81. The summed E-state index contributed by atoms with van der Waals surface area (Å²) in [6.45, 7) is 4.43. The molecule has 0 saturated heterocycles. The number of hydrogen-bond donors (Lipinski definition) is 0. The van der Waals surface area contributed by atoms with E-state index in [0.717, 1.165) is 11.4 Å². The smallest absolute Gasteiger partial charge is 0.301 e. The SMILES string of the molecule is CCOP(=O)(OCC)SC(C)(CC)C(=O)c1ccccc1. The highest BCUT2D eigenvalue weighted by Gasteiger charge is 2.42. The van der Waals surface area contributed by atoms with Gasteiger partial charge in [0.2, 0.25) is 0 Å². The first-order valence-electron chi connectivity index (χ1n) is 7.10. The molecule has 6 heteroatoms. The van der Waals surface area contributed by atoms with Crippen LogP contribution in [0.2, 0.25) is 0 Å². The zero-order chi connectivity index (χ0) is 15.9. The predicted octanol–water partition coefficient (Wildman–Crippen LogP) is 4.95. The molecule has 118 valence electrons. The van der Waals surface area contributed by atoms with Crippen LogP contribution in [0.5, 0.6) is 0 Å². The number of carbonyl (C=O) groups excluding carboxylic acids is 1. The van der Waals surface area contributed by atoms with Crippen LogP contribution in [-0.2, 0) is 13.6 Å². The molecule has 4 nitrogen and oxygen atoms in total. The van der Waals surface area contributed by atoms with E-state index >= 15 is 0 Å². The van der Waals surface area contributed by atoms with Crippen LogP contribution in [0.25, 0.3) is 0 Å². The van der Waals surface area contributed by atoms with Gasteiger partial charge < -0.3 is 9.05 Å². The number of carbonyl (C=O) groups is 1. The average molecular weight is 330 g/mol. The summed E-state index contributed by atoms with van der Waals surface area (Å²) in [5.41, 5.74) is 0.605. The minimum absolute atomic E-state index is 0.0600. The zero-order valence-electron chi connectivity index (χ0n) is 13.0. The van der Waals surface area contributed by atoms with Gasteiger partial charge in [-0.25, -0.2) is 4.57 Å². The molecular weight excluding hydrogens is 307 g/mol. The Balaban J connectivity index is 3.03. The minimum atomic E-state index is -3.34. The van der Waals surface area contributed by atoms with E-state index in [0.29, 0.717) is 12.0 Å². The summed E-state index contributed by atoms with van der Waals surface area (Å²) >= 11 is 1.01. The number of Topliss-reactive ketones (excluding diaryl/α,β-unsaturated/α-hetero) is 1. The van der Waals surface area contributed by atoms with Crippen molar-refractivity contribution in [1.29, 1.82) is 0 Å². The van der Waals surface area contributed by atoms with Gasteiger partial charge in [0, 0.05) is 5.56 Å². The number of ketones is 1. The molecule has 0 bridgehead atoms. The van der Waals surface area contributed by atoms with Crippen LogP contribution in [0.1, 0.15) is 44.5 Å². The maximum absolute atomic E-state index is 12.7. The third-order valence-electron chi connectivity index (χ3n) is 3.08. The first kappa shape index (κ1) is 18.4. The van der Waals surface area contributed by atoms with E-state index in [4.69, 9.17) is 9.05 Å². The van der Waals surface area contributed by atoms with Gasteiger partial charge in [-0.1, -0.05) is 37.3 Å². The van der Waals surface area contributed by atoms with Gasteiger partial charge in [-0.2, -0.15) is 0 Å². The standard InChI is InChI=1S/C15H23O4PS/c1-5-15(4,14(16)13-11-9-8-10-12-13)21-20(17,18-6-2)19-7-3/h8-12H,5-7H2,1-4H3. The molecule has 0 spiro atoms. The van der Waals surface area contributed by atoms with Gasteiger partial charge in [0.15, 0.2) is 5.78 Å². The Morgan fingerprint density at radius 2 is 1.67 bits per heavy atom. The molecule has 1 aromatic rings. The van der Waals surface area contributed by atoms with Crippen LogP contribution in [0.3, 0.4) is 0 Å². The van der Waals surface area contributed by atoms with Crippen molar-refractivity contribution in [2.24, 2.45) is 0 Å². The van der Waals surface area contributed by atoms with Crippen LogP contribution < -0.4 is 0 Å². The summed E-state index contributed by atoms with van der Waals surface area (Å²) in [7, 11) is 0. The Morgan fingerprint density at radius 3 is 2.10 bits per heavy atom. The molecule has 0 aliphatic heterocycles. The molecule has 1 atom stereocenters. The second-order valence-electron chi connectivity index (χ2n) is 4.65. The average Bonchev–Trinajstić information content (AvgIpc) is 2.47. The highest BCUT2D eigenvalue weighted by molar-refractivity contribution is 8.56. The Morgan fingerprint density at radius 1 is 1.14 bits per heavy atom. The van der Waals surface area contributed by atoms with Gasteiger partial charge >= 0.3 is 6.80 Å². The van der Waals surface area contributed by atoms with Crippen molar-refractivity contribution >= 4 is 24.0 Å². The van der Waals surface area contributed by atoms with E-state index in [-0.39, 0.29) is 19.0 Å². The summed E-state index contributed by atoms with van der Waals surface area (Å²) in [6, 6.07) is 9.03. The van der Waals surface area contributed by atoms with E-state index in [1.165, 1.54) is 0 Å². The lowest BCUT2D eigenvalue weighted by Crippen LogP contribution is -2.31. The zero-order valence-corrected chi connectivity index (χ0v) is 14.7. The fraction of sp³-hybridized carbons (Fsp3) is 0.533. The predicted molar refractivity (Wildman–Crippen MR) is 87.9 cm³/mol. The minimum Gasteiger partial charge on any atom is -0.301 e. The fourth-order valence-corrected chi connectivity index (χ4v) is 6.52. The third-order valence-corrected chi connectivity index (χ3v) is 7.84. The van der Waals surface area contributed by atoms with E-state index in [2.05, 4.69) is 0 Å². The molecule has 1 unspecified atom stereocenters. The Bertz CT molecular complexity index is 496. The van der Waals surface area contributed by atoms with Crippen LogP contribution in [0, 0.1) is 0 Å². The van der Waals surface area contributed by atoms with Crippen molar-refractivity contribution in [3.8, 4) is 0 Å². The van der Waals surface area contributed by atoms with Crippen LogP contribution in [0.4, 0.5) is 0 Å². The van der Waals surface area contributed by atoms with E-state index in [1.54, 1.807) is 32.9 Å². The van der Waals surface area contributed by atoms with E-state index < -0.39 is 11.5 Å². The summed E-state index contributed by atoms with van der Waals surface area (Å²) in [5, 5.41) is 0. The highest BCUT2D eigenvalue weighted by atomic mass is 32.7. The van der Waals surface area contributed by atoms with Crippen molar-refractivity contribution in [3.63, 3.8) is 0 Å². The first-order valence-corrected chi connectivity index (χ1v) is 10.1. The lowest BCUT2D eigenvalue weighted by atomic mass is 9.96. The van der Waals surface area contributed by atoms with Gasteiger partial charge in [0.05, 0.1) is 18.0 Å². The van der Waals surface area contributed by atoms with Crippen LogP contribution in [0.15, 0.2) is 30.3 Å². The molecule has 0 radical (unpaired) electrons. The lowest BCUT2D eigenvalue weighted by Gasteiger charge is -2.29. The van der Waals surface area contributed by atoms with E-state index in [9.17, 15) is 9.36 Å². The summed E-state index contributed by atoms with van der Waals surface area (Å²) in [6.07, 6.45) is 0.537. The van der Waals surface area contributed by atoms with Crippen molar-refractivity contribution < 1.29 is 18.4 Å². The topological polar surface area (TPSA) is 52.6 Å². The summed E-state index contributed by atoms with van der Waals surface area (Å²) in [4.78, 5) is 12.7. The Labute approximate surface area is 130 Å². The largest absolute Gasteiger partial charge is 0.390 e. The molecule has 0 amide bonds. The number of benzene rings is 1. The van der Waals surface area contributed by atoms with Crippen molar-refractivity contribution in [2.75, 3.05) is 13.2 Å². The summed E-state index contributed by atoms with van der Waals surface area (Å²) in [5.74, 6) is -0.0600.